The number of ether oxygens (including phenoxy) is 2. The van der Waals surface area contributed by atoms with Gasteiger partial charge in [0.25, 0.3) is 5.69 Å². The predicted octanol–water partition coefficient (Wildman–Crippen LogP) is 0.940. The number of nitrogens with one attached hydrogen (secondary N) is 1. The fraction of sp³-hybridized carbons (Fsp3) is 0.562. The van der Waals surface area contributed by atoms with Crippen LogP contribution >= 0.6 is 0 Å². The summed E-state index contributed by atoms with van der Waals surface area (Å²) < 4.78 is 57.1. The lowest BCUT2D eigenvalue weighted by molar-refractivity contribution is -0.385. The van der Waals surface area contributed by atoms with Crippen LogP contribution in [0.3, 0.4) is 0 Å². The average molecular weight is 437 g/mol. The molecular weight excluding hydrogens is 416 g/mol. The minimum atomic E-state index is -3.18. The van der Waals surface area contributed by atoms with E-state index >= 15 is 0 Å². The van der Waals surface area contributed by atoms with Crippen LogP contribution in [0.4, 0.5) is 14.5 Å². The number of nitro groups is 1. The molecule has 1 aliphatic heterocycles. The second-order valence-electron chi connectivity index (χ2n) is 6.61. The number of sulfone groups is 1. The topological polar surface area (TPSA) is 128 Å². The Balaban J connectivity index is 2.09. The number of hydrogen-bond acceptors (Lipinski definition) is 8. The quantitative estimate of drug-likeness (QED) is 0.447. The molecule has 1 aromatic rings. The van der Waals surface area contributed by atoms with Crippen molar-refractivity contribution in [1.82, 2.24) is 10.2 Å². The van der Waals surface area contributed by atoms with E-state index < -0.39 is 44.8 Å². The first kappa shape index (κ1) is 22.7. The second kappa shape index (κ2) is 9.31. The van der Waals surface area contributed by atoms with Crippen molar-refractivity contribution in [2.75, 3.05) is 32.2 Å². The highest BCUT2D eigenvalue weighted by atomic mass is 32.2. The highest BCUT2D eigenvalue weighted by Crippen LogP contribution is 2.36. The number of rotatable bonds is 9. The van der Waals surface area contributed by atoms with Crippen LogP contribution in [0.15, 0.2) is 12.1 Å². The molecule has 1 heterocycles. The molecule has 1 saturated heterocycles. The van der Waals surface area contributed by atoms with Gasteiger partial charge in [-0.1, -0.05) is 0 Å². The number of benzene rings is 1. The van der Waals surface area contributed by atoms with Crippen LogP contribution in [0.5, 0.6) is 11.5 Å². The third-order valence-electron chi connectivity index (χ3n) is 4.23. The predicted molar refractivity (Wildman–Crippen MR) is 97.8 cm³/mol. The van der Waals surface area contributed by atoms with Gasteiger partial charge in [-0.05, 0) is 19.5 Å². The van der Waals surface area contributed by atoms with E-state index in [1.165, 1.54) is 25.1 Å². The maximum absolute atomic E-state index is 12.5. The fourth-order valence-corrected chi connectivity index (χ4v) is 4.68. The molecule has 162 valence electrons. The van der Waals surface area contributed by atoms with Gasteiger partial charge in [0.05, 0.1) is 36.1 Å². The van der Waals surface area contributed by atoms with E-state index in [1.807, 2.05) is 0 Å². The lowest BCUT2D eigenvalue weighted by atomic mass is 10.1. The highest BCUT2D eigenvalue weighted by Gasteiger charge is 2.29. The Hall–Kier alpha value is -2.54. The first-order valence-electron chi connectivity index (χ1n) is 8.49. The fourth-order valence-electron chi connectivity index (χ4n) is 3.01. The molecule has 1 fully saturated rings. The van der Waals surface area contributed by atoms with Gasteiger partial charge >= 0.3 is 6.61 Å². The molecule has 0 aromatic heterocycles. The van der Waals surface area contributed by atoms with Gasteiger partial charge in [-0.3, -0.25) is 19.8 Å². The van der Waals surface area contributed by atoms with Gasteiger partial charge in [0.15, 0.2) is 21.3 Å². The molecule has 1 N–H and O–H groups in total. The van der Waals surface area contributed by atoms with E-state index in [-0.39, 0.29) is 35.9 Å². The summed E-state index contributed by atoms with van der Waals surface area (Å²) in [6, 6.07) is 1.59. The van der Waals surface area contributed by atoms with Gasteiger partial charge in [-0.15, -0.1) is 0 Å². The molecule has 10 nitrogen and oxygen atoms in total. The molecule has 1 aromatic carbocycles. The molecule has 0 spiro atoms. The largest absolute Gasteiger partial charge is 0.493 e. The summed E-state index contributed by atoms with van der Waals surface area (Å²) in [6.45, 7) is -3.39. The Morgan fingerprint density at radius 1 is 1.41 bits per heavy atom. The zero-order valence-corrected chi connectivity index (χ0v) is 16.6. The van der Waals surface area contributed by atoms with Crippen LogP contribution in [0.25, 0.3) is 0 Å². The molecule has 13 heteroatoms. The molecular formula is C16H21F2N3O7S. The van der Waals surface area contributed by atoms with Gasteiger partial charge in [-0.25, -0.2) is 8.42 Å². The number of nitro benzene ring substituents is 1. The molecule has 0 saturated carbocycles. The lowest BCUT2D eigenvalue weighted by Crippen LogP contribution is -2.41. The normalized spacial score (nSPS) is 18.1. The molecule has 2 rings (SSSR count). The number of hydrogen-bond donors (Lipinski definition) is 1. The summed E-state index contributed by atoms with van der Waals surface area (Å²) in [5.74, 6) is -1.11. The van der Waals surface area contributed by atoms with Crippen LogP contribution in [-0.4, -0.2) is 69.0 Å². The van der Waals surface area contributed by atoms with E-state index in [0.717, 1.165) is 6.07 Å². The summed E-state index contributed by atoms with van der Waals surface area (Å²) in [6.07, 6.45) is 0.339. The van der Waals surface area contributed by atoms with Crippen LogP contribution in [0, 0.1) is 10.1 Å². The number of nitrogens with zero attached hydrogens (tertiary/aromatic N) is 2. The van der Waals surface area contributed by atoms with Crippen molar-refractivity contribution in [1.29, 1.82) is 0 Å². The number of likely N-dealkylation sites (N-methyl/N-ethyl adjacent to an activating group) is 1. The molecule has 1 amide bonds. The summed E-state index contributed by atoms with van der Waals surface area (Å²) in [4.78, 5) is 24.2. The molecule has 0 radical (unpaired) electrons. The van der Waals surface area contributed by atoms with Crippen molar-refractivity contribution in [2.24, 2.45) is 0 Å². The Morgan fingerprint density at radius 2 is 2.10 bits per heavy atom. The number of amides is 1. The monoisotopic (exact) mass is 437 g/mol. The zero-order chi connectivity index (χ0) is 21.8. The maximum Gasteiger partial charge on any atom is 0.387 e. The molecule has 29 heavy (non-hydrogen) atoms. The van der Waals surface area contributed by atoms with E-state index in [0.29, 0.717) is 6.42 Å². The number of carbonyl (C=O) groups is 1. The van der Waals surface area contributed by atoms with Crippen LogP contribution in [0.2, 0.25) is 0 Å². The Morgan fingerprint density at radius 3 is 2.62 bits per heavy atom. The van der Waals surface area contributed by atoms with E-state index in [4.69, 9.17) is 4.74 Å². The molecule has 1 unspecified atom stereocenters. The van der Waals surface area contributed by atoms with Crippen molar-refractivity contribution in [2.45, 2.75) is 25.6 Å². The SMILES string of the molecule is COc1cc(CN(C)CC(=O)NC2CCS(=O)(=O)C2)c([N+](=O)[O-])cc1OC(F)F. The molecule has 0 bridgehead atoms. The van der Waals surface area contributed by atoms with Crippen molar-refractivity contribution < 1.29 is 36.4 Å². The Kier molecular flexibility index (Phi) is 7.30. The smallest absolute Gasteiger partial charge is 0.387 e. The summed E-state index contributed by atoms with van der Waals surface area (Å²) in [5, 5.41) is 13.9. The van der Waals surface area contributed by atoms with Gasteiger partial charge < -0.3 is 14.8 Å². The number of carbonyl (C=O) groups excluding carboxylic acids is 1. The lowest BCUT2D eigenvalue weighted by Gasteiger charge is -2.19. The maximum atomic E-state index is 12.5. The third kappa shape index (κ3) is 6.49. The van der Waals surface area contributed by atoms with E-state index in [2.05, 4.69) is 10.1 Å². The Bertz CT molecular complexity index is 880. The molecule has 0 aliphatic carbocycles. The van der Waals surface area contributed by atoms with Crippen molar-refractivity contribution >= 4 is 21.4 Å². The molecule has 1 aliphatic rings. The number of methoxy groups -OCH3 is 1. The van der Waals surface area contributed by atoms with Gasteiger partial charge in [0.1, 0.15) is 0 Å². The second-order valence-corrected chi connectivity index (χ2v) is 8.84. The van der Waals surface area contributed by atoms with E-state index in [1.54, 1.807) is 0 Å². The number of halogens is 2. The average Bonchev–Trinajstić information content (AvgIpc) is 2.93. The van der Waals surface area contributed by atoms with Crippen LogP contribution in [0.1, 0.15) is 12.0 Å². The summed E-state index contributed by atoms with van der Waals surface area (Å²) in [5.41, 5.74) is -0.331. The van der Waals surface area contributed by atoms with Crippen molar-refractivity contribution in [3.8, 4) is 11.5 Å². The standard InChI is InChI=1S/C16H21F2N3O7S/c1-20(8-15(22)19-11-3-4-29(25,26)9-11)7-10-5-13(27-2)14(28-16(17)18)6-12(10)21(23)24/h5-6,11,16H,3-4,7-9H2,1-2H3,(H,19,22). The summed E-state index contributed by atoms with van der Waals surface area (Å²) >= 11 is 0. The highest BCUT2D eigenvalue weighted by molar-refractivity contribution is 7.91. The minimum Gasteiger partial charge on any atom is -0.493 e. The van der Waals surface area contributed by atoms with Gasteiger partial charge in [-0.2, -0.15) is 8.78 Å². The zero-order valence-electron chi connectivity index (χ0n) is 15.8. The van der Waals surface area contributed by atoms with E-state index in [9.17, 15) is 32.1 Å². The van der Waals surface area contributed by atoms with Crippen molar-refractivity contribution in [3.63, 3.8) is 0 Å². The minimum absolute atomic E-state index is 0.0206. The third-order valence-corrected chi connectivity index (χ3v) is 6.00. The van der Waals surface area contributed by atoms with Crippen LogP contribution < -0.4 is 14.8 Å². The van der Waals surface area contributed by atoms with Gasteiger partial charge in [0.2, 0.25) is 5.91 Å². The van der Waals surface area contributed by atoms with Crippen molar-refractivity contribution in [3.05, 3.63) is 27.8 Å². The number of alkyl halides is 2. The van der Waals surface area contributed by atoms with Gasteiger partial charge in [0, 0.05) is 18.2 Å². The Labute approximate surface area is 165 Å². The molecule has 1 atom stereocenters. The summed E-state index contributed by atoms with van der Waals surface area (Å²) in [7, 11) is -0.399. The van der Waals surface area contributed by atoms with Crippen LogP contribution in [-0.2, 0) is 21.2 Å². The first-order valence-corrected chi connectivity index (χ1v) is 10.3. The first-order chi connectivity index (χ1) is 13.5.